The Balaban J connectivity index is 1.78. The molecular weight excluding hydrogens is 453 g/mol. The fourth-order valence-corrected chi connectivity index (χ4v) is 4.11. The van der Waals surface area contributed by atoms with Gasteiger partial charge in [0.25, 0.3) is 5.91 Å². The number of aliphatic carboxylic acids is 1. The number of amides is 1. The summed E-state index contributed by atoms with van der Waals surface area (Å²) < 4.78 is 0. The number of carboxylic acids is 1. The number of aromatic nitrogens is 1. The van der Waals surface area contributed by atoms with Gasteiger partial charge in [0.2, 0.25) is 0 Å². The maximum Gasteiger partial charge on any atom is 0.326 e. The van der Waals surface area contributed by atoms with Gasteiger partial charge in [0.15, 0.2) is 5.78 Å². The molecule has 0 saturated heterocycles. The molecule has 1 heterocycles. The Hall–Kier alpha value is -2.90. The number of carbonyl (C=O) groups excluding carboxylic acids is 2. The van der Waals surface area contributed by atoms with Crippen LogP contribution in [0.4, 0.5) is 5.69 Å². The van der Waals surface area contributed by atoms with E-state index in [9.17, 15) is 19.5 Å². The molecule has 1 aliphatic rings. The van der Waals surface area contributed by atoms with Crippen molar-refractivity contribution in [2.24, 2.45) is 5.41 Å². The van der Waals surface area contributed by atoms with Gasteiger partial charge < -0.3 is 15.7 Å². The first-order valence-corrected chi connectivity index (χ1v) is 10.8. The SMILES string of the molecule is CCC(c1ccc(NC(=O)c2c(Cl)cncc2Cl)cc1)[C@H](NC1=CC(=O)C1(C)C)C(=O)O. The molecule has 2 atom stereocenters. The van der Waals surface area contributed by atoms with Crippen LogP contribution in [0.2, 0.25) is 10.0 Å². The quantitative estimate of drug-likeness (QED) is 0.511. The summed E-state index contributed by atoms with van der Waals surface area (Å²) in [6.45, 7) is 5.42. The van der Waals surface area contributed by atoms with Gasteiger partial charge in [-0.25, -0.2) is 4.79 Å². The number of hydrogen-bond acceptors (Lipinski definition) is 5. The van der Waals surface area contributed by atoms with Gasteiger partial charge in [0.1, 0.15) is 6.04 Å². The molecule has 0 aliphatic heterocycles. The highest BCUT2D eigenvalue weighted by atomic mass is 35.5. The highest BCUT2D eigenvalue weighted by Gasteiger charge is 2.42. The van der Waals surface area contributed by atoms with E-state index in [0.717, 1.165) is 5.56 Å². The molecule has 2 aromatic rings. The molecule has 32 heavy (non-hydrogen) atoms. The van der Waals surface area contributed by atoms with Crippen LogP contribution in [-0.2, 0) is 9.59 Å². The lowest BCUT2D eigenvalue weighted by Crippen LogP contribution is -2.49. The average Bonchev–Trinajstić information content (AvgIpc) is 2.73. The third-order valence-corrected chi connectivity index (χ3v) is 6.23. The van der Waals surface area contributed by atoms with Crippen LogP contribution in [-0.4, -0.2) is 33.8 Å². The van der Waals surface area contributed by atoms with Gasteiger partial charge in [-0.3, -0.25) is 14.6 Å². The predicted molar refractivity (Wildman–Crippen MR) is 123 cm³/mol. The molecule has 7 nitrogen and oxygen atoms in total. The number of ketones is 1. The number of halogens is 2. The summed E-state index contributed by atoms with van der Waals surface area (Å²) in [4.78, 5) is 40.2. The van der Waals surface area contributed by atoms with Crippen molar-refractivity contribution in [1.82, 2.24) is 10.3 Å². The molecule has 3 N–H and O–H groups in total. The minimum absolute atomic E-state index is 0.0355. The second-order valence-electron chi connectivity index (χ2n) is 8.08. The second-order valence-corrected chi connectivity index (χ2v) is 8.89. The Bertz CT molecular complexity index is 1080. The normalized spacial score (nSPS) is 16.4. The first kappa shape index (κ1) is 23.8. The highest BCUT2D eigenvalue weighted by molar-refractivity contribution is 6.40. The third-order valence-electron chi connectivity index (χ3n) is 5.66. The summed E-state index contributed by atoms with van der Waals surface area (Å²) >= 11 is 12.1. The van der Waals surface area contributed by atoms with Crippen molar-refractivity contribution in [3.8, 4) is 0 Å². The molecule has 168 valence electrons. The first-order chi connectivity index (χ1) is 15.1. The molecule has 1 aromatic carbocycles. The molecule has 0 spiro atoms. The number of carbonyl (C=O) groups is 3. The molecule has 1 unspecified atom stereocenters. The zero-order valence-electron chi connectivity index (χ0n) is 17.8. The number of benzene rings is 1. The van der Waals surface area contributed by atoms with E-state index < -0.39 is 23.3 Å². The van der Waals surface area contributed by atoms with Crippen molar-refractivity contribution in [3.63, 3.8) is 0 Å². The Morgan fingerprint density at radius 2 is 1.72 bits per heavy atom. The van der Waals surface area contributed by atoms with Gasteiger partial charge in [-0.1, -0.05) is 42.3 Å². The van der Waals surface area contributed by atoms with Crippen LogP contribution in [0.3, 0.4) is 0 Å². The lowest BCUT2D eigenvalue weighted by Gasteiger charge is -2.37. The van der Waals surface area contributed by atoms with Gasteiger partial charge in [0.05, 0.1) is 21.0 Å². The van der Waals surface area contributed by atoms with Crippen LogP contribution < -0.4 is 10.6 Å². The number of hydrogen-bond donors (Lipinski definition) is 3. The van der Waals surface area contributed by atoms with Crippen molar-refractivity contribution in [3.05, 3.63) is 69.6 Å². The molecular formula is C23H23Cl2N3O4. The molecule has 0 saturated carbocycles. The number of pyridine rings is 1. The zero-order chi connectivity index (χ0) is 23.6. The van der Waals surface area contributed by atoms with E-state index in [4.69, 9.17) is 23.2 Å². The second kappa shape index (κ2) is 9.30. The third kappa shape index (κ3) is 4.64. The van der Waals surface area contributed by atoms with Crippen molar-refractivity contribution >= 4 is 46.5 Å². The minimum atomic E-state index is -1.01. The number of nitrogens with zero attached hydrogens (tertiary/aromatic N) is 1. The Morgan fingerprint density at radius 3 is 2.19 bits per heavy atom. The average molecular weight is 476 g/mol. The van der Waals surface area contributed by atoms with E-state index in [1.54, 1.807) is 38.1 Å². The molecule has 3 rings (SSSR count). The van der Waals surface area contributed by atoms with Crippen LogP contribution >= 0.6 is 23.2 Å². The van der Waals surface area contributed by atoms with E-state index in [2.05, 4.69) is 15.6 Å². The van der Waals surface area contributed by atoms with Gasteiger partial charge >= 0.3 is 5.97 Å². The van der Waals surface area contributed by atoms with E-state index in [1.807, 2.05) is 6.92 Å². The molecule has 0 fully saturated rings. The predicted octanol–water partition coefficient (Wildman–Crippen LogP) is 4.67. The summed E-state index contributed by atoms with van der Waals surface area (Å²) in [5, 5.41) is 15.9. The van der Waals surface area contributed by atoms with E-state index in [-0.39, 0.29) is 27.3 Å². The maximum absolute atomic E-state index is 12.5. The van der Waals surface area contributed by atoms with Crippen LogP contribution in [0, 0.1) is 5.41 Å². The number of carboxylic acid groups (broad SMARTS) is 1. The number of nitrogens with one attached hydrogen (secondary N) is 2. The van der Waals surface area contributed by atoms with E-state index >= 15 is 0 Å². The van der Waals surface area contributed by atoms with Gasteiger partial charge in [0, 0.05) is 35.8 Å². The number of rotatable bonds is 8. The largest absolute Gasteiger partial charge is 0.480 e. The van der Waals surface area contributed by atoms with Crippen LogP contribution in [0.5, 0.6) is 0 Å². The van der Waals surface area contributed by atoms with Crippen LogP contribution in [0.15, 0.2) is 48.4 Å². The molecule has 1 aliphatic carbocycles. The Labute approximate surface area is 195 Å². The fourth-order valence-electron chi connectivity index (χ4n) is 3.57. The molecule has 0 bridgehead atoms. The van der Waals surface area contributed by atoms with Gasteiger partial charge in [-0.05, 0) is 38.0 Å². The first-order valence-electron chi connectivity index (χ1n) is 10.0. The lowest BCUT2D eigenvalue weighted by atomic mass is 9.74. The van der Waals surface area contributed by atoms with Crippen LogP contribution in [0.1, 0.15) is 49.0 Å². The van der Waals surface area contributed by atoms with E-state index in [0.29, 0.717) is 17.8 Å². The lowest BCUT2D eigenvalue weighted by molar-refractivity contribution is -0.140. The van der Waals surface area contributed by atoms with Crippen molar-refractivity contribution in [2.45, 2.75) is 39.2 Å². The van der Waals surface area contributed by atoms with E-state index in [1.165, 1.54) is 18.5 Å². The molecule has 0 radical (unpaired) electrons. The summed E-state index contributed by atoms with van der Waals surface area (Å²) in [7, 11) is 0. The fraction of sp³-hybridized carbons (Fsp3) is 0.304. The Morgan fingerprint density at radius 1 is 1.12 bits per heavy atom. The highest BCUT2D eigenvalue weighted by Crippen LogP contribution is 2.36. The number of allylic oxidation sites excluding steroid dienone is 2. The van der Waals surface area contributed by atoms with Crippen molar-refractivity contribution < 1.29 is 19.5 Å². The summed E-state index contributed by atoms with van der Waals surface area (Å²) in [6.07, 6.45) is 4.67. The molecule has 1 aromatic heterocycles. The maximum atomic E-state index is 12.5. The monoisotopic (exact) mass is 475 g/mol. The van der Waals surface area contributed by atoms with Crippen molar-refractivity contribution in [1.29, 1.82) is 0 Å². The van der Waals surface area contributed by atoms with Crippen LogP contribution in [0.25, 0.3) is 0 Å². The molecule has 1 amide bonds. The van der Waals surface area contributed by atoms with Crippen molar-refractivity contribution in [2.75, 3.05) is 5.32 Å². The van der Waals surface area contributed by atoms with Gasteiger partial charge in [-0.15, -0.1) is 0 Å². The smallest absolute Gasteiger partial charge is 0.326 e. The summed E-state index contributed by atoms with van der Waals surface area (Å²) in [5.41, 5.74) is 1.32. The summed E-state index contributed by atoms with van der Waals surface area (Å²) in [6, 6.07) is 6.00. The Kier molecular flexibility index (Phi) is 6.91. The molecule has 9 heteroatoms. The topological polar surface area (TPSA) is 108 Å². The minimum Gasteiger partial charge on any atom is -0.480 e. The summed E-state index contributed by atoms with van der Waals surface area (Å²) in [5.74, 6) is -1.87. The van der Waals surface area contributed by atoms with Gasteiger partial charge in [-0.2, -0.15) is 0 Å². The standard InChI is InChI=1S/C23H23Cl2N3O4/c1-4-14(20(22(31)32)28-17-9-18(29)23(17,2)3)12-5-7-13(8-6-12)27-21(30)19-15(24)10-26-11-16(19)25/h5-11,14,20,28H,4H2,1-3H3,(H,27,30)(H,31,32)/t14?,20-/m0/s1. The number of anilines is 1. The zero-order valence-corrected chi connectivity index (χ0v) is 19.3.